The van der Waals surface area contributed by atoms with Gasteiger partial charge in [-0.15, -0.1) is 0 Å². The number of carboxylic acid groups (broad SMARTS) is 2. The van der Waals surface area contributed by atoms with Crippen LogP contribution in [0.15, 0.2) is 52.9 Å². The molecular weight excluding hydrogens is 536 g/mol. The van der Waals surface area contributed by atoms with E-state index in [9.17, 15) is 33.1 Å². The van der Waals surface area contributed by atoms with E-state index in [1.165, 1.54) is 13.1 Å². The first-order valence-corrected chi connectivity index (χ1v) is 11.2. The van der Waals surface area contributed by atoms with Gasteiger partial charge in [0.25, 0.3) is 11.8 Å². The molecule has 210 valence electrons. The van der Waals surface area contributed by atoms with Gasteiger partial charge in [-0.1, -0.05) is 0 Å². The number of amides is 2. The number of carbonyl (C=O) groups is 4. The standard InChI is InChI=1S/C24H23F2N7O7/c1-30-16-9-19(14(26)8-11(16)23(36)37)40-5-4-10-6-17(12(24(38)39)7-13(10)25)31-22(35)15-2-3-18(33(29)32-15)20(27)21(28)34/h2-3,6-9,30H,4-5,27,29H2,1H3,(H2,28,34)(H,31,35)(H,36,37)(H,38,39)/b20-18-. The summed E-state index contributed by atoms with van der Waals surface area (Å²) >= 11 is 0. The van der Waals surface area contributed by atoms with Crippen molar-refractivity contribution in [3.05, 3.63) is 76.1 Å². The Labute approximate surface area is 224 Å². The third-order valence-corrected chi connectivity index (χ3v) is 5.50. The van der Waals surface area contributed by atoms with Gasteiger partial charge in [-0.2, -0.15) is 10.2 Å². The van der Waals surface area contributed by atoms with Crippen molar-refractivity contribution < 1.29 is 42.9 Å². The van der Waals surface area contributed by atoms with Crippen molar-refractivity contribution in [1.29, 1.82) is 0 Å². The second kappa shape index (κ2) is 11.9. The number of hydrogen-bond donors (Lipinski definition) is 7. The highest BCUT2D eigenvalue weighted by atomic mass is 19.1. The number of carbonyl (C=O) groups excluding carboxylic acids is 2. The summed E-state index contributed by atoms with van der Waals surface area (Å²) in [6, 6.07) is 3.65. The summed E-state index contributed by atoms with van der Waals surface area (Å²) in [5.74, 6) is -1.34. The second-order valence-electron chi connectivity index (χ2n) is 8.06. The van der Waals surface area contributed by atoms with Gasteiger partial charge >= 0.3 is 11.9 Å². The molecule has 1 heterocycles. The Bertz CT molecular complexity index is 1500. The molecule has 2 aromatic carbocycles. The molecule has 0 fully saturated rings. The fraction of sp³-hybridized carbons (Fsp3) is 0.125. The number of primary amides is 1. The first-order chi connectivity index (χ1) is 18.8. The second-order valence-corrected chi connectivity index (χ2v) is 8.06. The largest absolute Gasteiger partial charge is 0.490 e. The maximum atomic E-state index is 14.7. The number of hydrazine groups is 1. The van der Waals surface area contributed by atoms with Crippen LogP contribution in [0.1, 0.15) is 26.3 Å². The van der Waals surface area contributed by atoms with E-state index < -0.39 is 46.6 Å². The van der Waals surface area contributed by atoms with Gasteiger partial charge < -0.3 is 37.1 Å². The molecule has 0 radical (unpaired) electrons. The number of ether oxygens (including phenoxy) is 1. The molecule has 0 unspecified atom stereocenters. The Morgan fingerprint density at radius 2 is 1.60 bits per heavy atom. The van der Waals surface area contributed by atoms with Crippen LogP contribution < -0.4 is 32.7 Å². The number of nitrogens with zero attached hydrogens (tertiary/aromatic N) is 2. The predicted octanol–water partition coefficient (Wildman–Crippen LogP) is 0.720. The minimum absolute atomic E-state index is 0.0848. The van der Waals surface area contributed by atoms with Crippen LogP contribution in [0, 0.1) is 11.6 Å². The van der Waals surface area contributed by atoms with Crippen molar-refractivity contribution in [1.82, 2.24) is 5.12 Å². The fourth-order valence-electron chi connectivity index (χ4n) is 3.49. The molecule has 0 atom stereocenters. The summed E-state index contributed by atoms with van der Waals surface area (Å²) < 4.78 is 34.4. The first-order valence-electron chi connectivity index (χ1n) is 11.2. The van der Waals surface area contributed by atoms with Crippen LogP contribution in [0.25, 0.3) is 0 Å². The summed E-state index contributed by atoms with van der Waals surface area (Å²) in [5.41, 5.74) is 8.63. The summed E-state index contributed by atoms with van der Waals surface area (Å²) in [5, 5.41) is 28.0. The Hall–Kier alpha value is -5.51. The smallest absolute Gasteiger partial charge is 0.337 e. The first kappa shape index (κ1) is 29.1. The summed E-state index contributed by atoms with van der Waals surface area (Å²) in [6.07, 6.45) is 2.14. The molecule has 14 nitrogen and oxygen atoms in total. The molecule has 1 aliphatic rings. The molecule has 16 heteroatoms. The number of allylic oxidation sites excluding steroid dienone is 1. The van der Waals surface area contributed by atoms with Crippen LogP contribution in [0.5, 0.6) is 5.75 Å². The number of anilines is 2. The Morgan fingerprint density at radius 1 is 0.975 bits per heavy atom. The third-order valence-electron chi connectivity index (χ3n) is 5.50. The summed E-state index contributed by atoms with van der Waals surface area (Å²) in [6.45, 7) is -0.294. The topological polar surface area (TPSA) is 236 Å². The quantitative estimate of drug-likeness (QED) is 0.158. The average molecular weight is 559 g/mol. The molecule has 3 rings (SSSR count). The van der Waals surface area contributed by atoms with Crippen LogP contribution in [0.4, 0.5) is 20.2 Å². The lowest BCUT2D eigenvalue weighted by Crippen LogP contribution is -2.36. The molecule has 40 heavy (non-hydrogen) atoms. The lowest BCUT2D eigenvalue weighted by Gasteiger charge is -2.20. The SMILES string of the molecule is CNc1cc(OCCc2cc(NC(=O)C3=NN(N)/C(=C(\N)C(N)=O)C=C3)c(C(=O)O)cc2F)c(F)cc1C(=O)O. The zero-order valence-corrected chi connectivity index (χ0v) is 20.7. The van der Waals surface area contributed by atoms with E-state index in [1.54, 1.807) is 0 Å². The number of aromatic carboxylic acids is 2. The molecule has 2 aromatic rings. The highest BCUT2D eigenvalue weighted by Crippen LogP contribution is 2.27. The maximum absolute atomic E-state index is 14.7. The molecule has 1 aliphatic heterocycles. The monoisotopic (exact) mass is 559 g/mol. The molecule has 0 spiro atoms. The van der Waals surface area contributed by atoms with Gasteiger partial charge in [0.1, 0.15) is 17.2 Å². The van der Waals surface area contributed by atoms with Crippen molar-refractivity contribution in [3.8, 4) is 5.75 Å². The number of carboxylic acids is 2. The molecule has 0 aliphatic carbocycles. The number of benzene rings is 2. The molecule has 0 aromatic heterocycles. The normalized spacial score (nSPS) is 13.8. The van der Waals surface area contributed by atoms with Crippen LogP contribution in [0.2, 0.25) is 0 Å². The van der Waals surface area contributed by atoms with Crippen LogP contribution in [-0.4, -0.2) is 58.5 Å². The van der Waals surface area contributed by atoms with Gasteiger partial charge in [-0.25, -0.2) is 24.2 Å². The van der Waals surface area contributed by atoms with Gasteiger partial charge in [0, 0.05) is 19.5 Å². The van der Waals surface area contributed by atoms with E-state index in [1.807, 2.05) is 0 Å². The zero-order valence-electron chi connectivity index (χ0n) is 20.7. The van der Waals surface area contributed by atoms with Crippen LogP contribution in [0.3, 0.4) is 0 Å². The highest BCUT2D eigenvalue weighted by molar-refractivity contribution is 6.47. The van der Waals surface area contributed by atoms with Gasteiger partial charge in [0.15, 0.2) is 17.3 Å². The summed E-state index contributed by atoms with van der Waals surface area (Å²) in [4.78, 5) is 46.9. The molecule has 2 amide bonds. The van der Waals surface area contributed by atoms with Gasteiger partial charge in [0.2, 0.25) is 0 Å². The number of hydrazone groups is 1. The minimum atomic E-state index is -1.54. The third kappa shape index (κ3) is 6.30. The van der Waals surface area contributed by atoms with Crippen molar-refractivity contribution >= 4 is 40.8 Å². The molecular formula is C24H23F2N7O7. The lowest BCUT2D eigenvalue weighted by molar-refractivity contribution is -0.114. The number of rotatable bonds is 10. The average Bonchev–Trinajstić information content (AvgIpc) is 2.89. The van der Waals surface area contributed by atoms with Crippen LogP contribution in [-0.2, 0) is 16.0 Å². The van der Waals surface area contributed by atoms with E-state index >= 15 is 0 Å². The van der Waals surface area contributed by atoms with Crippen molar-refractivity contribution in [2.45, 2.75) is 6.42 Å². The Kier molecular flexibility index (Phi) is 8.65. The molecule has 0 saturated carbocycles. The molecule has 0 saturated heterocycles. The number of hydrogen-bond acceptors (Lipinski definition) is 10. The van der Waals surface area contributed by atoms with Gasteiger partial charge in [-0.3, -0.25) is 9.59 Å². The highest BCUT2D eigenvalue weighted by Gasteiger charge is 2.23. The zero-order chi connectivity index (χ0) is 29.7. The van der Waals surface area contributed by atoms with Crippen LogP contribution >= 0.6 is 0 Å². The predicted molar refractivity (Wildman–Crippen MR) is 137 cm³/mol. The van der Waals surface area contributed by atoms with E-state index in [0.717, 1.165) is 24.3 Å². The van der Waals surface area contributed by atoms with Crippen molar-refractivity contribution in [3.63, 3.8) is 0 Å². The van der Waals surface area contributed by atoms with E-state index in [0.29, 0.717) is 11.2 Å². The van der Waals surface area contributed by atoms with Gasteiger partial charge in [-0.05, 0) is 35.9 Å². The Morgan fingerprint density at radius 3 is 2.17 bits per heavy atom. The van der Waals surface area contributed by atoms with E-state index in [4.69, 9.17) is 27.2 Å². The van der Waals surface area contributed by atoms with Crippen molar-refractivity contribution in [2.75, 3.05) is 24.3 Å². The van der Waals surface area contributed by atoms with Crippen molar-refractivity contribution in [2.24, 2.45) is 22.4 Å². The number of nitrogens with two attached hydrogens (primary N) is 3. The van der Waals surface area contributed by atoms with Gasteiger partial charge in [0.05, 0.1) is 29.1 Å². The Balaban J connectivity index is 1.81. The lowest BCUT2D eigenvalue weighted by atomic mass is 10.1. The molecule has 10 N–H and O–H groups in total. The number of nitrogens with one attached hydrogen (secondary N) is 2. The minimum Gasteiger partial charge on any atom is -0.490 e. The summed E-state index contributed by atoms with van der Waals surface area (Å²) in [7, 11) is 1.44. The maximum Gasteiger partial charge on any atom is 0.337 e. The van der Waals surface area contributed by atoms with E-state index in [-0.39, 0.29) is 52.7 Å². The van der Waals surface area contributed by atoms with E-state index in [2.05, 4.69) is 15.7 Å². The molecule has 0 bridgehead atoms. The fourth-order valence-corrected chi connectivity index (χ4v) is 3.49. The number of halogens is 2.